The van der Waals surface area contributed by atoms with Crippen LogP contribution in [0.4, 0.5) is 0 Å². The first kappa shape index (κ1) is 13.6. The average Bonchev–Trinajstić information content (AvgIpc) is 2.84. The van der Waals surface area contributed by atoms with Crippen LogP contribution in [0.15, 0.2) is 6.33 Å². The minimum atomic E-state index is -1.64. The molecule has 1 rings (SSSR count). The molecule has 5 N–H and O–H groups in total. The number of aldehydes is 1. The number of aliphatic hydroxyl groups excluding tert-OH is 4. The maximum absolute atomic E-state index is 9.76. The van der Waals surface area contributed by atoms with Gasteiger partial charge in [0.05, 0.1) is 6.61 Å². The molecule has 3 atom stereocenters. The molecule has 1 heterocycles. The topological polar surface area (TPSA) is 152 Å². The Labute approximate surface area is 84.4 Å². The molecule has 15 heavy (non-hydrogen) atoms. The highest BCUT2D eigenvalue weighted by Crippen LogP contribution is 1.96. The van der Waals surface area contributed by atoms with Crippen molar-refractivity contribution >= 4 is 6.29 Å². The van der Waals surface area contributed by atoms with Crippen LogP contribution in [0.1, 0.15) is 0 Å². The summed E-state index contributed by atoms with van der Waals surface area (Å²) in [5.74, 6) is 0. The van der Waals surface area contributed by atoms with Crippen molar-refractivity contribution in [2.24, 2.45) is 0 Å². The number of nitrogens with zero attached hydrogens (tertiary/aromatic N) is 3. The van der Waals surface area contributed by atoms with Gasteiger partial charge in [0.25, 0.3) is 0 Å². The first-order valence-corrected chi connectivity index (χ1v) is 3.91. The maximum atomic E-state index is 9.76. The van der Waals surface area contributed by atoms with Crippen molar-refractivity contribution in [3.05, 3.63) is 6.33 Å². The zero-order valence-corrected chi connectivity index (χ0v) is 7.63. The third-order valence-electron chi connectivity index (χ3n) is 1.34. The Morgan fingerprint density at radius 1 is 1.40 bits per heavy atom. The van der Waals surface area contributed by atoms with Gasteiger partial charge >= 0.3 is 0 Å². The third-order valence-corrected chi connectivity index (χ3v) is 1.34. The molecule has 0 aliphatic heterocycles. The molecule has 0 saturated carbocycles. The third kappa shape index (κ3) is 5.80. The lowest BCUT2D eigenvalue weighted by molar-refractivity contribution is -0.127. The fourth-order valence-electron chi connectivity index (χ4n) is 0.545. The van der Waals surface area contributed by atoms with E-state index in [9.17, 15) is 4.79 Å². The van der Waals surface area contributed by atoms with E-state index in [4.69, 9.17) is 20.4 Å². The van der Waals surface area contributed by atoms with E-state index in [-0.39, 0.29) is 6.29 Å². The predicted molar refractivity (Wildman–Crippen MR) is 45.3 cm³/mol. The number of H-pyrrole nitrogens is 1. The van der Waals surface area contributed by atoms with Crippen molar-refractivity contribution in [1.82, 2.24) is 20.6 Å². The molecule has 1 aromatic heterocycles. The Morgan fingerprint density at radius 2 is 2.07 bits per heavy atom. The first-order valence-electron chi connectivity index (χ1n) is 3.91. The van der Waals surface area contributed by atoms with Crippen LogP contribution in [0.25, 0.3) is 0 Å². The number of carbonyl (C=O) groups excluding carboxylic acids is 1. The number of nitrogens with one attached hydrogen (secondary N) is 1. The molecule has 0 spiro atoms. The molecule has 1 aromatic rings. The molecule has 9 nitrogen and oxygen atoms in total. The Hall–Kier alpha value is -1.42. The maximum Gasteiger partial charge on any atom is 0.151 e. The second kappa shape index (κ2) is 7.94. The molecule has 0 saturated heterocycles. The Morgan fingerprint density at radius 3 is 2.33 bits per heavy atom. The fraction of sp³-hybridized carbons (Fsp3) is 0.667. The van der Waals surface area contributed by atoms with Crippen LogP contribution in [0, 0.1) is 0 Å². The van der Waals surface area contributed by atoms with Crippen molar-refractivity contribution in [2.45, 2.75) is 18.3 Å². The van der Waals surface area contributed by atoms with E-state index < -0.39 is 24.9 Å². The summed E-state index contributed by atoms with van der Waals surface area (Å²) in [5, 5.41) is 46.2. The zero-order valence-electron chi connectivity index (χ0n) is 7.63. The van der Waals surface area contributed by atoms with E-state index in [0.717, 1.165) is 0 Å². The standard InChI is InChI=1S/C5H10O5.CH2N4/c6-1-3(8)5(10)4(9)2-7;1-2-4-5-3-1/h1,3-5,7-10H,2H2;1H,(H,2,3,4,5)/t3-,4-,5+;/m1./s1. The average molecular weight is 220 g/mol. The molecule has 9 heteroatoms. The number of tetrazole rings is 1. The molecule has 0 bridgehead atoms. The summed E-state index contributed by atoms with van der Waals surface area (Å²) in [6.45, 7) is -0.688. The van der Waals surface area contributed by atoms with Crippen LogP contribution in [-0.4, -0.2) is 72.3 Å². The summed E-state index contributed by atoms with van der Waals surface area (Å²) in [5.41, 5.74) is 0. The number of hydrogen-bond donors (Lipinski definition) is 5. The number of hydrogen-bond acceptors (Lipinski definition) is 8. The van der Waals surface area contributed by atoms with Gasteiger partial charge in [-0.3, -0.25) is 0 Å². The minimum absolute atomic E-state index is 0.0869. The number of carbonyl (C=O) groups is 1. The van der Waals surface area contributed by atoms with Crippen molar-refractivity contribution in [3.63, 3.8) is 0 Å². The van der Waals surface area contributed by atoms with Gasteiger partial charge in [-0.15, -0.1) is 5.10 Å². The summed E-state index contributed by atoms with van der Waals surface area (Å²) in [6, 6.07) is 0. The first-order chi connectivity index (χ1) is 7.13. The van der Waals surface area contributed by atoms with E-state index in [2.05, 4.69) is 20.6 Å². The highest BCUT2D eigenvalue weighted by atomic mass is 16.4. The number of rotatable bonds is 4. The van der Waals surface area contributed by atoms with Gasteiger partial charge in [-0.25, -0.2) is 5.10 Å². The van der Waals surface area contributed by atoms with E-state index in [1.165, 1.54) is 6.33 Å². The van der Waals surface area contributed by atoms with Crippen LogP contribution < -0.4 is 0 Å². The van der Waals surface area contributed by atoms with E-state index in [1.807, 2.05) is 0 Å². The Bertz CT molecular complexity index is 226. The summed E-state index contributed by atoms with van der Waals surface area (Å²) < 4.78 is 0. The van der Waals surface area contributed by atoms with Gasteiger partial charge in [0.2, 0.25) is 0 Å². The van der Waals surface area contributed by atoms with Gasteiger partial charge in [0, 0.05) is 0 Å². The summed E-state index contributed by atoms with van der Waals surface area (Å²) in [6.07, 6.45) is -3.23. The monoisotopic (exact) mass is 220 g/mol. The number of aliphatic hydroxyl groups is 4. The van der Waals surface area contributed by atoms with Crippen molar-refractivity contribution < 1.29 is 25.2 Å². The Balaban J connectivity index is 0.000000322. The van der Waals surface area contributed by atoms with Crippen LogP contribution in [0.2, 0.25) is 0 Å². The van der Waals surface area contributed by atoms with Crippen LogP contribution in [-0.2, 0) is 4.79 Å². The normalized spacial score (nSPS) is 15.7. The molecule has 0 fully saturated rings. The lowest BCUT2D eigenvalue weighted by Gasteiger charge is -2.16. The van der Waals surface area contributed by atoms with Crippen molar-refractivity contribution in [1.29, 1.82) is 0 Å². The molecule has 0 aliphatic rings. The molecular formula is C6H12N4O5. The minimum Gasteiger partial charge on any atom is -0.394 e. The van der Waals surface area contributed by atoms with Gasteiger partial charge in [-0.05, 0) is 10.4 Å². The van der Waals surface area contributed by atoms with Crippen molar-refractivity contribution in [3.8, 4) is 0 Å². The molecule has 86 valence electrons. The lowest BCUT2D eigenvalue weighted by atomic mass is 10.1. The Kier molecular flexibility index (Phi) is 7.18. The molecule has 0 radical (unpaired) electrons. The molecular weight excluding hydrogens is 208 g/mol. The quantitative estimate of drug-likeness (QED) is 0.327. The number of aromatic nitrogens is 4. The predicted octanol–water partition coefficient (Wildman–Crippen LogP) is -3.54. The largest absolute Gasteiger partial charge is 0.394 e. The molecule has 0 amide bonds. The van der Waals surface area contributed by atoms with E-state index in [1.54, 1.807) is 0 Å². The van der Waals surface area contributed by atoms with Crippen LogP contribution >= 0.6 is 0 Å². The number of aromatic amines is 1. The molecule has 0 unspecified atom stereocenters. The van der Waals surface area contributed by atoms with Gasteiger partial charge in [0.15, 0.2) is 6.29 Å². The molecule has 0 aromatic carbocycles. The van der Waals surface area contributed by atoms with E-state index >= 15 is 0 Å². The van der Waals surface area contributed by atoms with Gasteiger partial charge in [-0.2, -0.15) is 0 Å². The second-order valence-corrected chi connectivity index (χ2v) is 2.43. The van der Waals surface area contributed by atoms with Crippen LogP contribution in [0.3, 0.4) is 0 Å². The van der Waals surface area contributed by atoms with Crippen molar-refractivity contribution in [2.75, 3.05) is 6.61 Å². The van der Waals surface area contributed by atoms with Gasteiger partial charge in [0.1, 0.15) is 24.6 Å². The second-order valence-electron chi connectivity index (χ2n) is 2.43. The molecule has 0 aliphatic carbocycles. The summed E-state index contributed by atoms with van der Waals surface area (Å²) >= 11 is 0. The fourth-order valence-corrected chi connectivity index (χ4v) is 0.545. The van der Waals surface area contributed by atoms with Crippen LogP contribution in [0.5, 0.6) is 0 Å². The smallest absolute Gasteiger partial charge is 0.151 e. The SMILES string of the molecule is O=C[C@@H](O)[C@H](O)[C@H](O)CO.c1nnn[nH]1. The van der Waals surface area contributed by atoms with Gasteiger partial charge < -0.3 is 25.2 Å². The van der Waals surface area contributed by atoms with E-state index in [0.29, 0.717) is 0 Å². The van der Waals surface area contributed by atoms with Gasteiger partial charge in [-0.1, -0.05) is 0 Å². The highest BCUT2D eigenvalue weighted by Gasteiger charge is 2.22. The zero-order chi connectivity index (χ0) is 11.7. The summed E-state index contributed by atoms with van der Waals surface area (Å²) in [7, 11) is 0. The summed E-state index contributed by atoms with van der Waals surface area (Å²) in [4.78, 5) is 9.76. The lowest BCUT2D eigenvalue weighted by Crippen LogP contribution is -2.40. The highest BCUT2D eigenvalue weighted by molar-refractivity contribution is 5.56.